The van der Waals surface area contributed by atoms with Crippen LogP contribution in [0, 0.1) is 6.92 Å². The predicted molar refractivity (Wildman–Crippen MR) is 64.7 cm³/mol. The van der Waals surface area contributed by atoms with Gasteiger partial charge in [0.05, 0.1) is 12.3 Å². The number of aliphatic imine (C=N–C) groups is 1. The summed E-state index contributed by atoms with van der Waals surface area (Å²) in [5.41, 5.74) is 3.47. The molecular formula is C12H18N2O. The van der Waals surface area contributed by atoms with Crippen molar-refractivity contribution in [1.29, 1.82) is 0 Å². The lowest BCUT2D eigenvalue weighted by Crippen LogP contribution is -2.06. The van der Waals surface area contributed by atoms with Crippen molar-refractivity contribution in [3.63, 3.8) is 0 Å². The standard InChI is InChI=1S/C12H18N2O/c1-5-11-10(2)9-14(6-7-15-4)12(11)8-13-3/h5,8-9H,1,6-7H2,2-4H3. The first-order valence-corrected chi connectivity index (χ1v) is 4.97. The zero-order valence-corrected chi connectivity index (χ0v) is 9.66. The van der Waals surface area contributed by atoms with E-state index in [1.54, 1.807) is 14.2 Å². The third-order valence-electron chi connectivity index (χ3n) is 2.35. The third kappa shape index (κ3) is 2.57. The number of aryl methyl sites for hydroxylation is 1. The Morgan fingerprint density at radius 1 is 1.60 bits per heavy atom. The topological polar surface area (TPSA) is 26.5 Å². The molecule has 1 heterocycles. The lowest BCUT2D eigenvalue weighted by Gasteiger charge is -2.05. The van der Waals surface area contributed by atoms with E-state index in [1.807, 2.05) is 12.3 Å². The molecule has 1 rings (SSSR count). The molecular weight excluding hydrogens is 188 g/mol. The first-order valence-electron chi connectivity index (χ1n) is 4.97. The Labute approximate surface area is 91.1 Å². The predicted octanol–water partition coefficient (Wildman–Crippen LogP) is 2.13. The van der Waals surface area contributed by atoms with Crippen LogP contribution in [-0.2, 0) is 11.3 Å². The van der Waals surface area contributed by atoms with Crippen molar-refractivity contribution >= 4 is 12.3 Å². The van der Waals surface area contributed by atoms with Gasteiger partial charge in [0.25, 0.3) is 0 Å². The van der Waals surface area contributed by atoms with Crippen molar-refractivity contribution in [2.75, 3.05) is 20.8 Å². The first kappa shape index (κ1) is 11.7. The molecule has 0 amide bonds. The van der Waals surface area contributed by atoms with Crippen molar-refractivity contribution in [2.24, 2.45) is 4.99 Å². The van der Waals surface area contributed by atoms with Gasteiger partial charge in [0.1, 0.15) is 0 Å². The van der Waals surface area contributed by atoms with Crippen molar-refractivity contribution in [2.45, 2.75) is 13.5 Å². The number of hydrogen-bond donors (Lipinski definition) is 0. The molecule has 0 unspecified atom stereocenters. The molecule has 0 bridgehead atoms. The zero-order valence-electron chi connectivity index (χ0n) is 9.66. The quantitative estimate of drug-likeness (QED) is 0.678. The molecule has 0 aliphatic heterocycles. The molecule has 0 atom stereocenters. The Kier molecular flexibility index (Phi) is 4.31. The number of rotatable bonds is 5. The normalized spacial score (nSPS) is 11.1. The SMILES string of the molecule is C=Cc1c(C)cn(CCOC)c1C=NC. The van der Waals surface area contributed by atoms with Gasteiger partial charge in [-0.3, -0.25) is 4.99 Å². The van der Waals surface area contributed by atoms with Crippen LogP contribution in [0.25, 0.3) is 6.08 Å². The van der Waals surface area contributed by atoms with Gasteiger partial charge in [-0.15, -0.1) is 0 Å². The minimum absolute atomic E-state index is 0.704. The molecule has 0 radical (unpaired) electrons. The van der Waals surface area contributed by atoms with Crippen LogP contribution in [0.1, 0.15) is 16.8 Å². The first-order chi connectivity index (χ1) is 7.24. The molecule has 0 saturated carbocycles. The Morgan fingerprint density at radius 3 is 2.87 bits per heavy atom. The van der Waals surface area contributed by atoms with E-state index < -0.39 is 0 Å². The largest absolute Gasteiger partial charge is 0.383 e. The Hall–Kier alpha value is -1.35. The molecule has 3 heteroatoms. The lowest BCUT2D eigenvalue weighted by molar-refractivity contribution is 0.187. The van der Waals surface area contributed by atoms with Crippen LogP contribution in [-0.4, -0.2) is 31.5 Å². The maximum absolute atomic E-state index is 5.07. The van der Waals surface area contributed by atoms with E-state index in [1.165, 1.54) is 5.56 Å². The summed E-state index contributed by atoms with van der Waals surface area (Å²) in [5, 5.41) is 0. The van der Waals surface area contributed by atoms with E-state index in [2.05, 4.69) is 29.3 Å². The maximum atomic E-state index is 5.07. The van der Waals surface area contributed by atoms with Crippen LogP contribution in [0.15, 0.2) is 17.8 Å². The molecule has 3 nitrogen and oxygen atoms in total. The highest BCUT2D eigenvalue weighted by Gasteiger charge is 2.08. The van der Waals surface area contributed by atoms with Crippen molar-refractivity contribution in [3.8, 4) is 0 Å². The number of methoxy groups -OCH3 is 1. The Balaban J connectivity index is 3.08. The van der Waals surface area contributed by atoms with Crippen LogP contribution in [0.4, 0.5) is 0 Å². The van der Waals surface area contributed by atoms with Crippen molar-refractivity contribution in [3.05, 3.63) is 29.6 Å². The fourth-order valence-electron chi connectivity index (χ4n) is 1.64. The van der Waals surface area contributed by atoms with E-state index in [0.29, 0.717) is 6.61 Å². The summed E-state index contributed by atoms with van der Waals surface area (Å²) in [5.74, 6) is 0. The Morgan fingerprint density at radius 2 is 2.33 bits per heavy atom. The highest BCUT2D eigenvalue weighted by molar-refractivity contribution is 5.84. The van der Waals surface area contributed by atoms with E-state index in [4.69, 9.17) is 4.74 Å². The fourth-order valence-corrected chi connectivity index (χ4v) is 1.64. The van der Waals surface area contributed by atoms with Gasteiger partial charge in [-0.05, 0) is 12.5 Å². The molecule has 0 aromatic carbocycles. The number of aromatic nitrogens is 1. The fraction of sp³-hybridized carbons (Fsp3) is 0.417. The van der Waals surface area contributed by atoms with Gasteiger partial charge >= 0.3 is 0 Å². The average molecular weight is 206 g/mol. The summed E-state index contributed by atoms with van der Waals surface area (Å²) >= 11 is 0. The molecule has 0 fully saturated rings. The number of nitrogens with zero attached hydrogens (tertiary/aromatic N) is 2. The van der Waals surface area contributed by atoms with Gasteiger partial charge < -0.3 is 9.30 Å². The molecule has 0 spiro atoms. The van der Waals surface area contributed by atoms with Crippen LogP contribution in [0.2, 0.25) is 0 Å². The van der Waals surface area contributed by atoms with Crippen LogP contribution < -0.4 is 0 Å². The minimum Gasteiger partial charge on any atom is -0.383 e. The third-order valence-corrected chi connectivity index (χ3v) is 2.35. The van der Waals surface area contributed by atoms with Crippen LogP contribution >= 0.6 is 0 Å². The summed E-state index contributed by atoms with van der Waals surface area (Å²) < 4.78 is 7.21. The summed E-state index contributed by atoms with van der Waals surface area (Å²) in [4.78, 5) is 4.06. The van der Waals surface area contributed by atoms with Gasteiger partial charge in [-0.25, -0.2) is 0 Å². The van der Waals surface area contributed by atoms with Crippen molar-refractivity contribution in [1.82, 2.24) is 4.57 Å². The molecule has 0 saturated heterocycles. The summed E-state index contributed by atoms with van der Waals surface area (Å²) in [6.07, 6.45) is 5.84. The molecule has 0 aliphatic carbocycles. The average Bonchev–Trinajstić information content (AvgIpc) is 2.52. The highest BCUT2D eigenvalue weighted by Crippen LogP contribution is 2.16. The number of hydrogen-bond acceptors (Lipinski definition) is 2. The summed E-state index contributed by atoms with van der Waals surface area (Å²) in [7, 11) is 3.48. The van der Waals surface area contributed by atoms with E-state index in [0.717, 1.165) is 17.8 Å². The van der Waals surface area contributed by atoms with E-state index >= 15 is 0 Å². The smallest absolute Gasteiger partial charge is 0.0664 e. The van der Waals surface area contributed by atoms with Crippen LogP contribution in [0.5, 0.6) is 0 Å². The molecule has 0 aliphatic rings. The second-order valence-electron chi connectivity index (χ2n) is 3.39. The number of ether oxygens (including phenoxy) is 1. The molecule has 82 valence electrons. The summed E-state index contributed by atoms with van der Waals surface area (Å²) in [6.45, 7) is 7.44. The summed E-state index contributed by atoms with van der Waals surface area (Å²) in [6, 6.07) is 0. The molecule has 0 N–H and O–H groups in total. The highest BCUT2D eigenvalue weighted by atomic mass is 16.5. The second-order valence-corrected chi connectivity index (χ2v) is 3.39. The van der Waals surface area contributed by atoms with Crippen LogP contribution in [0.3, 0.4) is 0 Å². The second kappa shape index (κ2) is 5.51. The van der Waals surface area contributed by atoms with E-state index in [9.17, 15) is 0 Å². The lowest BCUT2D eigenvalue weighted by atomic mass is 10.2. The molecule has 15 heavy (non-hydrogen) atoms. The zero-order chi connectivity index (χ0) is 11.3. The van der Waals surface area contributed by atoms with Gasteiger partial charge in [0, 0.05) is 38.7 Å². The van der Waals surface area contributed by atoms with Gasteiger partial charge in [-0.2, -0.15) is 0 Å². The Bertz CT molecular complexity index is 364. The van der Waals surface area contributed by atoms with Gasteiger partial charge in [0.2, 0.25) is 0 Å². The molecule has 1 aromatic heterocycles. The van der Waals surface area contributed by atoms with Crippen molar-refractivity contribution < 1.29 is 4.74 Å². The molecule has 1 aromatic rings. The van der Waals surface area contributed by atoms with E-state index in [-0.39, 0.29) is 0 Å². The maximum Gasteiger partial charge on any atom is 0.0664 e. The minimum atomic E-state index is 0.704. The van der Waals surface area contributed by atoms with Gasteiger partial charge in [0.15, 0.2) is 0 Å². The monoisotopic (exact) mass is 206 g/mol. The van der Waals surface area contributed by atoms with Gasteiger partial charge in [-0.1, -0.05) is 12.7 Å².